The lowest BCUT2D eigenvalue weighted by Crippen LogP contribution is -2.35. The highest BCUT2D eigenvalue weighted by atomic mass is 32.1. The number of hydrogen-bond acceptors (Lipinski definition) is 4. The van der Waals surface area contributed by atoms with Gasteiger partial charge in [0.1, 0.15) is 17.2 Å². The zero-order chi connectivity index (χ0) is 16.4. The Morgan fingerprint density at radius 1 is 1.39 bits per heavy atom. The van der Waals surface area contributed by atoms with E-state index in [0.717, 1.165) is 17.0 Å². The molecule has 1 aliphatic carbocycles. The number of aliphatic hydroxyl groups is 1. The summed E-state index contributed by atoms with van der Waals surface area (Å²) >= 11 is 1.69. The number of thiazole rings is 1. The first-order valence-corrected chi connectivity index (χ1v) is 8.60. The molecule has 124 valence electrons. The molecule has 2 N–H and O–H groups in total. The van der Waals surface area contributed by atoms with Crippen LogP contribution < -0.4 is 5.32 Å². The van der Waals surface area contributed by atoms with Crippen LogP contribution in [0.25, 0.3) is 0 Å². The molecule has 0 radical (unpaired) electrons. The van der Waals surface area contributed by atoms with Gasteiger partial charge in [-0.2, -0.15) is 0 Å². The highest BCUT2D eigenvalue weighted by Crippen LogP contribution is 2.38. The van der Waals surface area contributed by atoms with Crippen LogP contribution in [-0.4, -0.2) is 16.6 Å². The van der Waals surface area contributed by atoms with Crippen LogP contribution in [0.2, 0.25) is 0 Å². The second-order valence-corrected chi connectivity index (χ2v) is 7.44. The lowest BCUT2D eigenvalue weighted by atomic mass is 9.86. The predicted octanol–water partition coefficient (Wildman–Crippen LogP) is 3.69. The highest BCUT2D eigenvalue weighted by Gasteiger charge is 2.27. The maximum atomic E-state index is 13.8. The summed E-state index contributed by atoms with van der Waals surface area (Å²) in [5, 5.41) is 14.8. The first kappa shape index (κ1) is 16.5. The van der Waals surface area contributed by atoms with Crippen LogP contribution in [0.3, 0.4) is 0 Å². The van der Waals surface area contributed by atoms with E-state index in [1.807, 2.05) is 6.20 Å². The summed E-state index contributed by atoms with van der Waals surface area (Å²) in [6.45, 7) is 2.26. The molecule has 1 saturated carbocycles. The van der Waals surface area contributed by atoms with Gasteiger partial charge in [0.15, 0.2) is 0 Å². The SMILES string of the molecule is CC(O)(CNCc1cnc(C2CCC2)s1)c1ccc(F)cc1F. The zero-order valence-electron chi connectivity index (χ0n) is 13.0. The van der Waals surface area contributed by atoms with Crippen LogP contribution >= 0.6 is 11.3 Å². The smallest absolute Gasteiger partial charge is 0.132 e. The monoisotopic (exact) mass is 338 g/mol. The van der Waals surface area contributed by atoms with Crippen molar-refractivity contribution in [2.45, 2.75) is 44.2 Å². The van der Waals surface area contributed by atoms with Gasteiger partial charge in [0.05, 0.1) is 5.01 Å². The van der Waals surface area contributed by atoms with E-state index in [2.05, 4.69) is 10.3 Å². The average molecular weight is 338 g/mol. The number of nitrogens with zero attached hydrogens (tertiary/aromatic N) is 1. The van der Waals surface area contributed by atoms with Crippen molar-refractivity contribution in [1.82, 2.24) is 10.3 Å². The molecule has 2 aromatic rings. The molecule has 23 heavy (non-hydrogen) atoms. The van der Waals surface area contributed by atoms with E-state index in [1.165, 1.54) is 37.3 Å². The third-order valence-corrected chi connectivity index (χ3v) is 5.47. The first-order chi connectivity index (χ1) is 11.0. The Balaban J connectivity index is 1.57. The summed E-state index contributed by atoms with van der Waals surface area (Å²) in [6, 6.07) is 3.23. The van der Waals surface area contributed by atoms with Gasteiger partial charge in [0.2, 0.25) is 0 Å². The van der Waals surface area contributed by atoms with Crippen LogP contribution in [-0.2, 0) is 12.1 Å². The van der Waals surface area contributed by atoms with E-state index in [0.29, 0.717) is 12.5 Å². The van der Waals surface area contributed by atoms with E-state index >= 15 is 0 Å². The average Bonchev–Trinajstić information content (AvgIpc) is 2.84. The van der Waals surface area contributed by atoms with Crippen LogP contribution in [0.15, 0.2) is 24.4 Å². The van der Waals surface area contributed by atoms with Crippen LogP contribution in [0.4, 0.5) is 8.78 Å². The molecular formula is C17H20F2N2OS. The zero-order valence-corrected chi connectivity index (χ0v) is 13.8. The molecular weight excluding hydrogens is 318 g/mol. The summed E-state index contributed by atoms with van der Waals surface area (Å²) in [7, 11) is 0. The van der Waals surface area contributed by atoms with Crippen molar-refractivity contribution < 1.29 is 13.9 Å². The number of hydrogen-bond donors (Lipinski definition) is 2. The normalized spacial score (nSPS) is 17.7. The van der Waals surface area contributed by atoms with E-state index in [9.17, 15) is 13.9 Å². The van der Waals surface area contributed by atoms with Crippen molar-refractivity contribution >= 4 is 11.3 Å². The summed E-state index contributed by atoms with van der Waals surface area (Å²) in [4.78, 5) is 5.55. The van der Waals surface area contributed by atoms with E-state index in [4.69, 9.17) is 0 Å². The quantitative estimate of drug-likeness (QED) is 0.844. The van der Waals surface area contributed by atoms with E-state index in [1.54, 1.807) is 11.3 Å². The van der Waals surface area contributed by atoms with E-state index in [-0.39, 0.29) is 12.1 Å². The minimum absolute atomic E-state index is 0.0888. The van der Waals surface area contributed by atoms with Gasteiger partial charge >= 0.3 is 0 Å². The molecule has 1 atom stereocenters. The second kappa shape index (κ2) is 6.63. The van der Waals surface area contributed by atoms with E-state index < -0.39 is 17.2 Å². The van der Waals surface area contributed by atoms with Gasteiger partial charge in [-0.1, -0.05) is 12.5 Å². The van der Waals surface area contributed by atoms with Gasteiger partial charge in [0, 0.05) is 41.7 Å². The number of benzene rings is 1. The summed E-state index contributed by atoms with van der Waals surface area (Å²) in [5.74, 6) is -0.768. The minimum atomic E-state index is -1.40. The van der Waals surface area contributed by atoms with Gasteiger partial charge in [0.25, 0.3) is 0 Å². The lowest BCUT2D eigenvalue weighted by molar-refractivity contribution is 0.0529. The van der Waals surface area contributed by atoms with Crippen molar-refractivity contribution in [3.05, 3.63) is 51.5 Å². The number of halogens is 2. The fraction of sp³-hybridized carbons (Fsp3) is 0.471. The molecule has 1 aliphatic rings. The second-order valence-electron chi connectivity index (χ2n) is 6.29. The van der Waals surface area contributed by atoms with Crippen molar-refractivity contribution in [2.75, 3.05) is 6.54 Å². The number of rotatable bonds is 6. The molecule has 0 saturated heterocycles. The topological polar surface area (TPSA) is 45.1 Å². The molecule has 0 spiro atoms. The number of nitrogens with one attached hydrogen (secondary N) is 1. The molecule has 1 aromatic heterocycles. The fourth-order valence-corrected chi connectivity index (χ4v) is 3.75. The molecule has 3 rings (SSSR count). The Kier molecular flexibility index (Phi) is 4.75. The molecule has 1 fully saturated rings. The molecule has 6 heteroatoms. The van der Waals surface area contributed by atoms with Crippen molar-refractivity contribution in [1.29, 1.82) is 0 Å². The Bertz CT molecular complexity index is 683. The largest absolute Gasteiger partial charge is 0.384 e. The highest BCUT2D eigenvalue weighted by molar-refractivity contribution is 7.11. The summed E-state index contributed by atoms with van der Waals surface area (Å²) < 4.78 is 26.8. The van der Waals surface area contributed by atoms with Gasteiger partial charge in [-0.15, -0.1) is 11.3 Å². The Morgan fingerprint density at radius 3 is 2.83 bits per heavy atom. The Labute approximate surface area is 138 Å². The van der Waals surface area contributed by atoms with Gasteiger partial charge in [-0.25, -0.2) is 13.8 Å². The number of aromatic nitrogens is 1. The van der Waals surface area contributed by atoms with Crippen LogP contribution in [0, 0.1) is 11.6 Å². The first-order valence-electron chi connectivity index (χ1n) is 7.79. The summed E-state index contributed by atoms with van der Waals surface area (Å²) in [6.07, 6.45) is 5.58. The van der Waals surface area contributed by atoms with Gasteiger partial charge < -0.3 is 10.4 Å². The predicted molar refractivity (Wildman–Crippen MR) is 86.3 cm³/mol. The minimum Gasteiger partial charge on any atom is -0.384 e. The molecule has 1 heterocycles. The van der Waals surface area contributed by atoms with Crippen molar-refractivity contribution in [3.8, 4) is 0 Å². The fourth-order valence-electron chi connectivity index (χ4n) is 2.70. The summed E-state index contributed by atoms with van der Waals surface area (Å²) in [5.41, 5.74) is -1.31. The Hall–Kier alpha value is -1.37. The van der Waals surface area contributed by atoms with Crippen molar-refractivity contribution in [2.24, 2.45) is 0 Å². The molecule has 1 unspecified atom stereocenters. The molecule has 0 aliphatic heterocycles. The molecule has 0 amide bonds. The lowest BCUT2D eigenvalue weighted by Gasteiger charge is -2.24. The maximum absolute atomic E-state index is 13.8. The molecule has 3 nitrogen and oxygen atoms in total. The Morgan fingerprint density at radius 2 is 2.17 bits per heavy atom. The van der Waals surface area contributed by atoms with Crippen LogP contribution in [0.5, 0.6) is 0 Å². The van der Waals surface area contributed by atoms with Crippen LogP contribution in [0.1, 0.15) is 47.6 Å². The third kappa shape index (κ3) is 3.76. The third-order valence-electron chi connectivity index (χ3n) is 4.31. The van der Waals surface area contributed by atoms with Gasteiger partial charge in [-0.05, 0) is 25.8 Å². The molecule has 0 bridgehead atoms. The molecule has 1 aromatic carbocycles. The van der Waals surface area contributed by atoms with Gasteiger partial charge in [-0.3, -0.25) is 0 Å². The maximum Gasteiger partial charge on any atom is 0.132 e. The standard InChI is InChI=1S/C17H20F2N2OS/c1-17(22,14-6-5-12(18)7-15(14)19)10-20-8-13-9-21-16(23-13)11-3-2-4-11/h5-7,9,11,20,22H,2-4,8,10H2,1H3. The van der Waals surface area contributed by atoms with Crippen molar-refractivity contribution in [3.63, 3.8) is 0 Å².